The summed E-state index contributed by atoms with van der Waals surface area (Å²) in [5.41, 5.74) is 0.469. The van der Waals surface area contributed by atoms with Gasteiger partial charge >= 0.3 is 5.97 Å². The van der Waals surface area contributed by atoms with E-state index in [0.717, 1.165) is 6.42 Å². The van der Waals surface area contributed by atoms with Crippen LogP contribution in [-0.4, -0.2) is 24.4 Å². The molecular weight excluding hydrogens is 146 g/mol. The van der Waals surface area contributed by atoms with Crippen LogP contribution in [0, 0.1) is 5.92 Å². The van der Waals surface area contributed by atoms with Gasteiger partial charge in [0, 0.05) is 0 Å². The smallest absolute Gasteiger partial charge is 0.356 e. The quantitative estimate of drug-likeness (QED) is 0.512. The summed E-state index contributed by atoms with van der Waals surface area (Å²) in [5.74, 6) is -0.224. The number of cyclic esters (lactones) is 1. The van der Waals surface area contributed by atoms with E-state index in [1.807, 2.05) is 6.92 Å². The molecule has 1 saturated heterocycles. The van der Waals surface area contributed by atoms with E-state index in [2.05, 4.69) is 5.16 Å². The van der Waals surface area contributed by atoms with Gasteiger partial charge in [0.05, 0.1) is 5.92 Å². The van der Waals surface area contributed by atoms with Crippen LogP contribution in [0.4, 0.5) is 0 Å². The average molecular weight is 155 g/mol. The highest BCUT2D eigenvalue weighted by Crippen LogP contribution is 2.26. The van der Waals surface area contributed by atoms with Gasteiger partial charge in [-0.15, -0.1) is 0 Å². The van der Waals surface area contributed by atoms with Crippen molar-refractivity contribution in [1.82, 2.24) is 0 Å². The number of hydrogen-bond acceptors (Lipinski definition) is 4. The zero-order valence-electron chi connectivity index (χ0n) is 6.24. The molecule has 4 heteroatoms. The Morgan fingerprint density at radius 3 is 3.27 bits per heavy atom. The van der Waals surface area contributed by atoms with Crippen molar-refractivity contribution in [1.29, 1.82) is 0 Å². The van der Waals surface area contributed by atoms with Gasteiger partial charge in [-0.3, -0.25) is 0 Å². The summed E-state index contributed by atoms with van der Waals surface area (Å²) in [4.78, 5) is 15.9. The first kappa shape index (κ1) is 6.64. The average Bonchev–Trinajstić information content (AvgIpc) is 2.53. The maximum Gasteiger partial charge on any atom is 0.356 e. The Kier molecular flexibility index (Phi) is 1.34. The Hall–Kier alpha value is -1.06. The lowest BCUT2D eigenvalue weighted by molar-refractivity contribution is -0.134. The van der Waals surface area contributed by atoms with Crippen LogP contribution in [0.5, 0.6) is 0 Å². The highest BCUT2D eigenvalue weighted by Gasteiger charge is 2.43. The van der Waals surface area contributed by atoms with Gasteiger partial charge in [0.2, 0.25) is 0 Å². The summed E-state index contributed by atoms with van der Waals surface area (Å²) >= 11 is 0. The zero-order chi connectivity index (χ0) is 7.84. The number of hydrogen-bond donors (Lipinski definition) is 0. The Balaban J connectivity index is 2.19. The number of oxime groups is 1. The van der Waals surface area contributed by atoms with Crippen molar-refractivity contribution in [2.75, 3.05) is 6.61 Å². The van der Waals surface area contributed by atoms with Crippen LogP contribution in [0.2, 0.25) is 0 Å². The van der Waals surface area contributed by atoms with Crippen LogP contribution in [0.15, 0.2) is 5.16 Å². The van der Waals surface area contributed by atoms with Crippen LogP contribution in [0.25, 0.3) is 0 Å². The van der Waals surface area contributed by atoms with Gasteiger partial charge in [-0.05, 0) is 6.42 Å². The molecule has 0 bridgehead atoms. The third kappa shape index (κ3) is 0.818. The van der Waals surface area contributed by atoms with Crippen molar-refractivity contribution in [2.45, 2.75) is 19.4 Å². The van der Waals surface area contributed by atoms with E-state index in [9.17, 15) is 4.79 Å². The maximum atomic E-state index is 10.9. The molecule has 4 nitrogen and oxygen atoms in total. The Morgan fingerprint density at radius 1 is 1.73 bits per heavy atom. The predicted octanol–water partition coefficient (Wildman–Crippen LogP) is 0.324. The largest absolute Gasteiger partial charge is 0.460 e. The summed E-state index contributed by atoms with van der Waals surface area (Å²) in [6.07, 6.45) is 0.922. The van der Waals surface area contributed by atoms with Gasteiger partial charge in [0.25, 0.3) is 0 Å². The molecule has 0 saturated carbocycles. The molecule has 2 atom stereocenters. The number of rotatable bonds is 1. The van der Waals surface area contributed by atoms with E-state index in [1.54, 1.807) is 0 Å². The summed E-state index contributed by atoms with van der Waals surface area (Å²) in [6, 6.07) is 0. The van der Waals surface area contributed by atoms with Crippen LogP contribution < -0.4 is 0 Å². The molecule has 0 amide bonds. The second-order valence-electron chi connectivity index (χ2n) is 2.73. The topological polar surface area (TPSA) is 47.9 Å². The minimum Gasteiger partial charge on any atom is -0.460 e. The van der Waals surface area contributed by atoms with E-state index in [0.29, 0.717) is 12.3 Å². The summed E-state index contributed by atoms with van der Waals surface area (Å²) in [6.45, 7) is 2.45. The van der Waals surface area contributed by atoms with Gasteiger partial charge < -0.3 is 9.57 Å². The molecule has 2 heterocycles. The molecule has 0 aromatic carbocycles. The Bertz CT molecular complexity index is 224. The van der Waals surface area contributed by atoms with Crippen LogP contribution in [0.1, 0.15) is 13.3 Å². The molecule has 60 valence electrons. The summed E-state index contributed by atoms with van der Waals surface area (Å²) < 4.78 is 4.80. The highest BCUT2D eigenvalue weighted by atomic mass is 16.7. The van der Waals surface area contributed by atoms with Gasteiger partial charge in [-0.2, -0.15) is 0 Å². The minimum atomic E-state index is -0.314. The SMILES string of the molecule is CC[C@@H]1ON=C2C(=O)OCC21. The van der Waals surface area contributed by atoms with Gasteiger partial charge in [-0.25, -0.2) is 4.79 Å². The first-order valence-corrected chi connectivity index (χ1v) is 3.73. The lowest BCUT2D eigenvalue weighted by Gasteiger charge is -2.08. The number of carbonyl (C=O) groups excluding carboxylic acids is 1. The van der Waals surface area contributed by atoms with Crippen LogP contribution in [-0.2, 0) is 14.4 Å². The molecule has 0 aromatic heterocycles. The minimum absolute atomic E-state index is 0.0523. The number of fused-ring (bicyclic) bond motifs is 1. The van der Waals surface area contributed by atoms with Crippen molar-refractivity contribution < 1.29 is 14.4 Å². The lowest BCUT2D eigenvalue weighted by Crippen LogP contribution is -2.22. The molecule has 11 heavy (non-hydrogen) atoms. The molecule has 2 rings (SSSR count). The van der Waals surface area contributed by atoms with Crippen molar-refractivity contribution >= 4 is 11.7 Å². The van der Waals surface area contributed by atoms with Crippen LogP contribution in [0.3, 0.4) is 0 Å². The number of nitrogens with zero attached hydrogens (tertiary/aromatic N) is 1. The number of carbonyl (C=O) groups is 1. The van der Waals surface area contributed by atoms with Gasteiger partial charge in [-0.1, -0.05) is 12.1 Å². The molecule has 2 aliphatic heterocycles. The fourth-order valence-corrected chi connectivity index (χ4v) is 1.42. The second-order valence-corrected chi connectivity index (χ2v) is 2.73. The van der Waals surface area contributed by atoms with Crippen molar-refractivity contribution in [3.63, 3.8) is 0 Å². The summed E-state index contributed by atoms with van der Waals surface area (Å²) in [7, 11) is 0. The highest BCUT2D eigenvalue weighted by molar-refractivity contribution is 6.39. The fraction of sp³-hybridized carbons (Fsp3) is 0.714. The molecule has 0 radical (unpaired) electrons. The maximum absolute atomic E-state index is 10.9. The second kappa shape index (κ2) is 2.22. The molecule has 2 aliphatic rings. The molecule has 0 N–H and O–H groups in total. The fourth-order valence-electron chi connectivity index (χ4n) is 1.42. The normalized spacial score (nSPS) is 34.3. The molecule has 0 spiro atoms. The Labute approximate surface area is 64.2 Å². The lowest BCUT2D eigenvalue weighted by atomic mass is 9.99. The van der Waals surface area contributed by atoms with Crippen LogP contribution >= 0.6 is 0 Å². The molecule has 1 fully saturated rings. The van der Waals surface area contributed by atoms with E-state index >= 15 is 0 Å². The van der Waals surface area contributed by atoms with Crippen molar-refractivity contribution in [2.24, 2.45) is 11.1 Å². The predicted molar refractivity (Wildman–Crippen MR) is 37.0 cm³/mol. The monoisotopic (exact) mass is 155 g/mol. The molecule has 1 unspecified atom stereocenters. The van der Waals surface area contributed by atoms with E-state index in [4.69, 9.17) is 9.57 Å². The molecule has 0 aliphatic carbocycles. The standard InChI is InChI=1S/C7H9NO3/c1-2-5-4-3-10-7(9)6(4)8-11-5/h4-5H,2-3H2,1H3/t4?,5-/m0/s1. The van der Waals surface area contributed by atoms with Crippen molar-refractivity contribution in [3.8, 4) is 0 Å². The third-order valence-electron chi connectivity index (χ3n) is 2.09. The van der Waals surface area contributed by atoms with Gasteiger partial charge in [0.15, 0.2) is 5.71 Å². The van der Waals surface area contributed by atoms with E-state index in [1.165, 1.54) is 0 Å². The third-order valence-corrected chi connectivity index (χ3v) is 2.09. The number of esters is 1. The number of ether oxygens (including phenoxy) is 1. The first-order chi connectivity index (χ1) is 5.33. The molecular formula is C7H9NO3. The summed E-state index contributed by atoms with van der Waals surface area (Å²) in [5, 5.41) is 3.67. The first-order valence-electron chi connectivity index (χ1n) is 3.73. The molecule has 0 aromatic rings. The zero-order valence-corrected chi connectivity index (χ0v) is 6.24. The van der Waals surface area contributed by atoms with E-state index in [-0.39, 0.29) is 18.0 Å². The van der Waals surface area contributed by atoms with Gasteiger partial charge in [0.1, 0.15) is 12.7 Å². The van der Waals surface area contributed by atoms with E-state index < -0.39 is 0 Å². The van der Waals surface area contributed by atoms with Crippen molar-refractivity contribution in [3.05, 3.63) is 0 Å². The Morgan fingerprint density at radius 2 is 2.55 bits per heavy atom.